The molecule has 0 saturated carbocycles. The van der Waals surface area contributed by atoms with Gasteiger partial charge in [0.15, 0.2) is 0 Å². The topological polar surface area (TPSA) is 20.2 Å². The van der Waals surface area contributed by atoms with Gasteiger partial charge in [0.2, 0.25) is 0 Å². The highest BCUT2D eigenvalue weighted by Gasteiger charge is 2.14. The van der Waals surface area contributed by atoms with Crippen molar-refractivity contribution in [2.75, 3.05) is 6.61 Å². The third-order valence-corrected chi connectivity index (χ3v) is 2.53. The van der Waals surface area contributed by atoms with Crippen molar-refractivity contribution >= 4 is 0 Å². The van der Waals surface area contributed by atoms with Crippen molar-refractivity contribution in [3.8, 4) is 0 Å². The van der Waals surface area contributed by atoms with Crippen molar-refractivity contribution in [1.29, 1.82) is 0 Å². The molecule has 1 N–H and O–H groups in total. The van der Waals surface area contributed by atoms with Crippen molar-refractivity contribution in [1.82, 2.24) is 0 Å². The first kappa shape index (κ1) is 13.0. The van der Waals surface area contributed by atoms with Crippen LogP contribution in [0.5, 0.6) is 0 Å². The normalized spacial score (nSPS) is 14.5. The second-order valence-corrected chi connectivity index (χ2v) is 5.29. The van der Waals surface area contributed by atoms with Gasteiger partial charge in [-0.15, -0.1) is 0 Å². The Bertz CT molecular complexity index is 113. The summed E-state index contributed by atoms with van der Waals surface area (Å²) in [4.78, 5) is 0. The molecule has 0 aliphatic carbocycles. The lowest BCUT2D eigenvalue weighted by Crippen LogP contribution is -2.12. The summed E-state index contributed by atoms with van der Waals surface area (Å²) < 4.78 is 0. The maximum atomic E-state index is 9.15. The van der Waals surface area contributed by atoms with E-state index in [9.17, 15) is 0 Å². The molecule has 0 aromatic carbocycles. The zero-order valence-electron chi connectivity index (χ0n) is 9.77. The van der Waals surface area contributed by atoms with Crippen molar-refractivity contribution in [3.05, 3.63) is 0 Å². The van der Waals surface area contributed by atoms with Crippen molar-refractivity contribution in [3.63, 3.8) is 0 Å². The Hall–Kier alpha value is -0.0400. The Morgan fingerprint density at radius 1 is 1.15 bits per heavy atom. The van der Waals surface area contributed by atoms with Crippen molar-refractivity contribution < 1.29 is 5.11 Å². The van der Waals surface area contributed by atoms with E-state index >= 15 is 0 Å². The highest BCUT2D eigenvalue weighted by Crippen LogP contribution is 2.25. The summed E-state index contributed by atoms with van der Waals surface area (Å²) in [6.45, 7) is 9.37. The number of aliphatic hydroxyl groups is 1. The SMILES string of the molecule is CCCC[C@H](CO)CCC(C)(C)C. The van der Waals surface area contributed by atoms with Crippen molar-refractivity contribution in [2.45, 2.75) is 59.8 Å². The van der Waals surface area contributed by atoms with Crippen LogP contribution in [0.3, 0.4) is 0 Å². The van der Waals surface area contributed by atoms with Gasteiger partial charge in [-0.05, 0) is 30.6 Å². The molecule has 0 bridgehead atoms. The van der Waals surface area contributed by atoms with E-state index in [0.29, 0.717) is 17.9 Å². The van der Waals surface area contributed by atoms with E-state index in [4.69, 9.17) is 5.11 Å². The van der Waals surface area contributed by atoms with E-state index in [1.165, 1.54) is 32.1 Å². The van der Waals surface area contributed by atoms with Crippen LogP contribution in [0.1, 0.15) is 59.8 Å². The Balaban J connectivity index is 3.59. The Kier molecular flexibility index (Phi) is 6.40. The van der Waals surface area contributed by atoms with E-state index in [-0.39, 0.29) is 0 Å². The zero-order chi connectivity index (χ0) is 10.3. The maximum absolute atomic E-state index is 9.15. The first-order chi connectivity index (χ1) is 5.99. The molecule has 0 radical (unpaired) electrons. The molecular formula is C12H26O. The fourth-order valence-electron chi connectivity index (χ4n) is 1.46. The fraction of sp³-hybridized carbons (Fsp3) is 1.00. The van der Waals surface area contributed by atoms with Gasteiger partial charge in [-0.3, -0.25) is 0 Å². The van der Waals surface area contributed by atoms with E-state index in [0.717, 1.165) is 0 Å². The second-order valence-electron chi connectivity index (χ2n) is 5.29. The summed E-state index contributed by atoms with van der Waals surface area (Å²) in [5, 5.41) is 9.15. The number of rotatable bonds is 6. The van der Waals surface area contributed by atoms with Gasteiger partial charge in [0.25, 0.3) is 0 Å². The number of hydrogen-bond acceptors (Lipinski definition) is 1. The van der Waals surface area contributed by atoms with Crippen LogP contribution < -0.4 is 0 Å². The molecule has 13 heavy (non-hydrogen) atoms. The predicted octanol–water partition coefficient (Wildman–Crippen LogP) is 3.61. The third-order valence-electron chi connectivity index (χ3n) is 2.53. The van der Waals surface area contributed by atoms with Gasteiger partial charge in [-0.2, -0.15) is 0 Å². The molecule has 1 nitrogen and oxygen atoms in total. The molecule has 0 rings (SSSR count). The largest absolute Gasteiger partial charge is 0.396 e. The van der Waals surface area contributed by atoms with Crippen LogP contribution in [0.2, 0.25) is 0 Å². The summed E-state index contributed by atoms with van der Waals surface area (Å²) in [6.07, 6.45) is 6.10. The Morgan fingerprint density at radius 3 is 2.15 bits per heavy atom. The molecule has 1 heteroatoms. The smallest absolute Gasteiger partial charge is 0.0459 e. The summed E-state index contributed by atoms with van der Waals surface area (Å²) in [6, 6.07) is 0. The first-order valence-corrected chi connectivity index (χ1v) is 5.60. The highest BCUT2D eigenvalue weighted by atomic mass is 16.3. The van der Waals surface area contributed by atoms with Gasteiger partial charge in [-0.1, -0.05) is 40.5 Å². The summed E-state index contributed by atoms with van der Waals surface area (Å²) in [7, 11) is 0. The minimum atomic E-state index is 0.371. The number of aliphatic hydroxyl groups excluding tert-OH is 1. The average molecular weight is 186 g/mol. The molecular weight excluding hydrogens is 160 g/mol. The standard InChI is InChI=1S/C12H26O/c1-5-6-7-11(10-13)8-9-12(2,3)4/h11,13H,5-10H2,1-4H3/t11-/m0/s1. The lowest BCUT2D eigenvalue weighted by molar-refractivity contribution is 0.191. The second kappa shape index (κ2) is 6.42. The van der Waals surface area contributed by atoms with Crippen LogP contribution in [-0.2, 0) is 0 Å². The Morgan fingerprint density at radius 2 is 1.77 bits per heavy atom. The van der Waals surface area contributed by atoms with Crippen LogP contribution in [0.25, 0.3) is 0 Å². The van der Waals surface area contributed by atoms with E-state index in [1.807, 2.05) is 0 Å². The minimum Gasteiger partial charge on any atom is -0.396 e. The minimum absolute atomic E-state index is 0.371. The lowest BCUT2D eigenvalue weighted by atomic mass is 9.85. The monoisotopic (exact) mass is 186 g/mol. The van der Waals surface area contributed by atoms with Crippen LogP contribution in [-0.4, -0.2) is 11.7 Å². The molecule has 0 aliphatic heterocycles. The molecule has 0 unspecified atom stereocenters. The maximum Gasteiger partial charge on any atom is 0.0459 e. The Labute approximate surface area is 83.5 Å². The molecule has 0 aromatic heterocycles. The van der Waals surface area contributed by atoms with Gasteiger partial charge in [0.1, 0.15) is 0 Å². The van der Waals surface area contributed by atoms with Gasteiger partial charge >= 0.3 is 0 Å². The van der Waals surface area contributed by atoms with Crippen LogP contribution in [0, 0.1) is 11.3 Å². The number of unbranched alkanes of at least 4 members (excludes halogenated alkanes) is 1. The fourth-order valence-corrected chi connectivity index (χ4v) is 1.46. The molecule has 1 atom stereocenters. The van der Waals surface area contributed by atoms with Gasteiger partial charge in [-0.25, -0.2) is 0 Å². The molecule has 0 saturated heterocycles. The number of hydrogen-bond donors (Lipinski definition) is 1. The summed E-state index contributed by atoms with van der Waals surface area (Å²) >= 11 is 0. The molecule has 0 fully saturated rings. The molecule has 80 valence electrons. The van der Waals surface area contributed by atoms with Crippen LogP contribution in [0.4, 0.5) is 0 Å². The van der Waals surface area contributed by atoms with Crippen molar-refractivity contribution in [2.24, 2.45) is 11.3 Å². The molecule has 0 aromatic rings. The zero-order valence-corrected chi connectivity index (χ0v) is 9.77. The van der Waals surface area contributed by atoms with Crippen LogP contribution >= 0.6 is 0 Å². The highest BCUT2D eigenvalue weighted by molar-refractivity contribution is 4.66. The predicted molar refractivity (Wildman–Crippen MR) is 58.8 cm³/mol. The molecule has 0 aliphatic rings. The van der Waals surface area contributed by atoms with E-state index in [2.05, 4.69) is 27.7 Å². The molecule has 0 amide bonds. The van der Waals surface area contributed by atoms with Gasteiger partial charge < -0.3 is 5.11 Å². The lowest BCUT2D eigenvalue weighted by Gasteiger charge is -2.21. The van der Waals surface area contributed by atoms with E-state index < -0.39 is 0 Å². The summed E-state index contributed by atoms with van der Waals surface area (Å²) in [5.41, 5.74) is 0.416. The molecule has 0 spiro atoms. The quantitative estimate of drug-likeness (QED) is 0.672. The average Bonchev–Trinajstić information content (AvgIpc) is 2.03. The third kappa shape index (κ3) is 8.29. The van der Waals surface area contributed by atoms with E-state index in [1.54, 1.807) is 0 Å². The van der Waals surface area contributed by atoms with Crippen LogP contribution in [0.15, 0.2) is 0 Å². The summed E-state index contributed by atoms with van der Waals surface area (Å²) in [5.74, 6) is 0.541. The van der Waals surface area contributed by atoms with Gasteiger partial charge in [0.05, 0.1) is 0 Å². The molecule has 0 heterocycles. The van der Waals surface area contributed by atoms with Gasteiger partial charge in [0, 0.05) is 6.61 Å². The first-order valence-electron chi connectivity index (χ1n) is 5.60.